The lowest BCUT2D eigenvalue weighted by Gasteiger charge is -2.15. The summed E-state index contributed by atoms with van der Waals surface area (Å²) in [4.78, 5) is 0.565. The molecule has 1 heteroatoms. The first kappa shape index (κ1) is 12.7. The van der Waals surface area contributed by atoms with Crippen molar-refractivity contribution in [2.75, 3.05) is 0 Å². The summed E-state index contributed by atoms with van der Waals surface area (Å²) in [6.45, 7) is 0. The quantitative estimate of drug-likeness (QED) is 0.605. The molecule has 2 saturated carbocycles. The van der Waals surface area contributed by atoms with Crippen molar-refractivity contribution in [3.8, 4) is 0 Å². The SMILES string of the molecule is BrC(c1ccc2c3c(cccc13)CC2)C1C2CCCCC21. The van der Waals surface area contributed by atoms with Crippen molar-refractivity contribution in [1.82, 2.24) is 0 Å². The van der Waals surface area contributed by atoms with Crippen molar-refractivity contribution in [2.24, 2.45) is 17.8 Å². The summed E-state index contributed by atoms with van der Waals surface area (Å²) < 4.78 is 0. The molecule has 2 fully saturated rings. The Hall–Kier alpha value is -0.820. The maximum atomic E-state index is 4.09. The Morgan fingerprint density at radius 2 is 1.62 bits per heavy atom. The van der Waals surface area contributed by atoms with Crippen molar-refractivity contribution < 1.29 is 0 Å². The van der Waals surface area contributed by atoms with E-state index in [9.17, 15) is 0 Å². The average Bonchev–Trinajstić information content (AvgIpc) is 3.12. The van der Waals surface area contributed by atoms with Crippen LogP contribution in [0.3, 0.4) is 0 Å². The summed E-state index contributed by atoms with van der Waals surface area (Å²) in [5.74, 6) is 2.91. The minimum absolute atomic E-state index is 0.565. The molecule has 0 bridgehead atoms. The molecule has 2 aromatic rings. The molecule has 0 aliphatic heterocycles. The second-order valence-corrected chi connectivity index (χ2v) is 8.23. The normalized spacial score (nSPS) is 31.2. The molecule has 0 aromatic heterocycles. The zero-order chi connectivity index (χ0) is 14.0. The summed E-state index contributed by atoms with van der Waals surface area (Å²) >= 11 is 4.09. The highest BCUT2D eigenvalue weighted by Crippen LogP contribution is 2.63. The molecule has 0 saturated heterocycles. The molecule has 3 aliphatic rings. The van der Waals surface area contributed by atoms with E-state index in [-0.39, 0.29) is 0 Å². The Labute approximate surface area is 135 Å². The molecule has 0 spiro atoms. The Bertz CT molecular complexity index is 695. The van der Waals surface area contributed by atoms with Gasteiger partial charge < -0.3 is 0 Å². The van der Waals surface area contributed by atoms with Gasteiger partial charge in [-0.05, 0) is 70.9 Å². The Kier molecular flexibility index (Phi) is 2.77. The molecule has 3 unspecified atom stereocenters. The van der Waals surface area contributed by atoms with Crippen molar-refractivity contribution in [1.29, 1.82) is 0 Å². The number of halogens is 1. The van der Waals surface area contributed by atoms with Gasteiger partial charge in [-0.1, -0.05) is 59.1 Å². The van der Waals surface area contributed by atoms with Crippen molar-refractivity contribution in [3.63, 3.8) is 0 Å². The molecule has 0 amide bonds. The molecule has 0 nitrogen and oxygen atoms in total. The van der Waals surface area contributed by atoms with Gasteiger partial charge in [-0.15, -0.1) is 0 Å². The molecule has 108 valence electrons. The first-order chi connectivity index (χ1) is 10.3. The zero-order valence-corrected chi connectivity index (χ0v) is 13.9. The maximum absolute atomic E-state index is 4.09. The molecule has 0 radical (unpaired) electrons. The summed E-state index contributed by atoms with van der Waals surface area (Å²) in [6.07, 6.45) is 8.33. The monoisotopic (exact) mass is 340 g/mol. The van der Waals surface area contributed by atoms with Gasteiger partial charge in [0.2, 0.25) is 0 Å². The Balaban J connectivity index is 1.59. The van der Waals surface area contributed by atoms with Crippen LogP contribution in [0.5, 0.6) is 0 Å². The van der Waals surface area contributed by atoms with Crippen molar-refractivity contribution in [2.45, 2.75) is 43.4 Å². The van der Waals surface area contributed by atoms with Crippen LogP contribution >= 0.6 is 15.9 Å². The van der Waals surface area contributed by atoms with Crippen LogP contribution in [0.15, 0.2) is 30.3 Å². The van der Waals surface area contributed by atoms with Crippen LogP contribution in [0.4, 0.5) is 0 Å². The molecule has 2 aromatic carbocycles. The van der Waals surface area contributed by atoms with E-state index in [0.29, 0.717) is 4.83 Å². The summed E-state index contributed by atoms with van der Waals surface area (Å²) in [5.41, 5.74) is 4.69. The van der Waals surface area contributed by atoms with E-state index < -0.39 is 0 Å². The minimum Gasteiger partial charge on any atom is -0.0835 e. The van der Waals surface area contributed by atoms with Gasteiger partial charge in [0.25, 0.3) is 0 Å². The number of hydrogen-bond acceptors (Lipinski definition) is 0. The van der Waals surface area contributed by atoms with Crippen molar-refractivity contribution in [3.05, 3.63) is 47.0 Å². The van der Waals surface area contributed by atoms with E-state index in [1.807, 2.05) is 0 Å². The van der Waals surface area contributed by atoms with Crippen LogP contribution in [0, 0.1) is 17.8 Å². The third kappa shape index (κ3) is 1.79. The molecule has 0 heterocycles. The van der Waals surface area contributed by atoms with Crippen molar-refractivity contribution >= 4 is 26.7 Å². The highest BCUT2D eigenvalue weighted by atomic mass is 79.9. The van der Waals surface area contributed by atoms with Crippen LogP contribution in [0.25, 0.3) is 10.8 Å². The molecule has 5 rings (SSSR count). The van der Waals surface area contributed by atoms with E-state index in [1.54, 1.807) is 22.1 Å². The predicted molar refractivity (Wildman–Crippen MR) is 92.0 cm³/mol. The zero-order valence-electron chi connectivity index (χ0n) is 12.3. The van der Waals surface area contributed by atoms with E-state index in [2.05, 4.69) is 46.3 Å². The number of alkyl halides is 1. The third-order valence-electron chi connectivity index (χ3n) is 6.27. The van der Waals surface area contributed by atoms with Gasteiger partial charge in [0.05, 0.1) is 0 Å². The number of hydrogen-bond donors (Lipinski definition) is 0. The maximum Gasteiger partial charge on any atom is 0.0435 e. The fraction of sp³-hybridized carbons (Fsp3) is 0.500. The highest BCUT2D eigenvalue weighted by molar-refractivity contribution is 9.09. The second kappa shape index (κ2) is 4.59. The van der Waals surface area contributed by atoms with Gasteiger partial charge in [-0.3, -0.25) is 0 Å². The van der Waals surface area contributed by atoms with Gasteiger partial charge in [0, 0.05) is 4.83 Å². The highest BCUT2D eigenvalue weighted by Gasteiger charge is 2.53. The fourth-order valence-corrected chi connectivity index (χ4v) is 6.38. The topological polar surface area (TPSA) is 0 Å². The van der Waals surface area contributed by atoms with E-state index in [4.69, 9.17) is 0 Å². The van der Waals surface area contributed by atoms with E-state index in [1.165, 1.54) is 43.9 Å². The van der Waals surface area contributed by atoms with Gasteiger partial charge in [-0.2, -0.15) is 0 Å². The summed E-state index contributed by atoms with van der Waals surface area (Å²) in [6, 6.07) is 11.7. The summed E-state index contributed by atoms with van der Waals surface area (Å²) in [7, 11) is 0. The lowest BCUT2D eigenvalue weighted by atomic mass is 9.96. The van der Waals surface area contributed by atoms with Crippen LogP contribution in [-0.4, -0.2) is 0 Å². The molecule has 21 heavy (non-hydrogen) atoms. The summed E-state index contributed by atoms with van der Waals surface area (Å²) in [5, 5.41) is 3.09. The first-order valence-corrected chi connectivity index (χ1v) is 9.43. The average molecular weight is 341 g/mol. The van der Waals surface area contributed by atoms with E-state index in [0.717, 1.165) is 17.8 Å². The molecular weight excluding hydrogens is 320 g/mol. The minimum atomic E-state index is 0.565. The lowest BCUT2D eigenvalue weighted by molar-refractivity contribution is 0.480. The van der Waals surface area contributed by atoms with Crippen LogP contribution in [-0.2, 0) is 12.8 Å². The molecule has 3 aliphatic carbocycles. The lowest BCUT2D eigenvalue weighted by Crippen LogP contribution is -1.97. The fourth-order valence-electron chi connectivity index (χ4n) is 5.20. The standard InChI is InChI=1S/C20H21Br/c21-20(19-14-5-1-2-6-15(14)19)17-11-10-13-9-8-12-4-3-7-16(17)18(12)13/h3-4,7,10-11,14-15,19-20H,1-2,5-6,8-9H2. The Morgan fingerprint density at radius 1 is 0.905 bits per heavy atom. The first-order valence-electron chi connectivity index (χ1n) is 8.52. The number of fused-ring (bicyclic) bond motifs is 1. The van der Waals surface area contributed by atoms with Gasteiger partial charge in [0.1, 0.15) is 0 Å². The number of benzene rings is 2. The van der Waals surface area contributed by atoms with Gasteiger partial charge >= 0.3 is 0 Å². The van der Waals surface area contributed by atoms with Crippen LogP contribution in [0.1, 0.15) is 47.2 Å². The molecule has 0 N–H and O–H groups in total. The molecule has 3 atom stereocenters. The molecular formula is C20H21Br. The number of rotatable bonds is 2. The predicted octanol–water partition coefficient (Wildman–Crippen LogP) is 5.81. The number of aryl methyl sites for hydroxylation is 2. The van der Waals surface area contributed by atoms with Crippen LogP contribution < -0.4 is 0 Å². The second-order valence-electron chi connectivity index (χ2n) is 7.24. The third-order valence-corrected chi connectivity index (χ3v) is 7.37. The van der Waals surface area contributed by atoms with E-state index >= 15 is 0 Å². The largest absolute Gasteiger partial charge is 0.0835 e. The van der Waals surface area contributed by atoms with Gasteiger partial charge in [0.15, 0.2) is 0 Å². The van der Waals surface area contributed by atoms with Crippen LogP contribution in [0.2, 0.25) is 0 Å². The van der Waals surface area contributed by atoms with Gasteiger partial charge in [-0.25, -0.2) is 0 Å². The smallest absolute Gasteiger partial charge is 0.0435 e. The Morgan fingerprint density at radius 3 is 2.38 bits per heavy atom.